The summed E-state index contributed by atoms with van der Waals surface area (Å²) in [5.74, 6) is 0. The molecule has 0 aromatic rings. The third kappa shape index (κ3) is 1.43. The van der Waals surface area contributed by atoms with Crippen LogP contribution < -0.4 is 0 Å². The summed E-state index contributed by atoms with van der Waals surface area (Å²) in [4.78, 5) is 0. The van der Waals surface area contributed by atoms with Gasteiger partial charge in [-0.1, -0.05) is 6.92 Å². The Morgan fingerprint density at radius 1 is 1.50 bits per heavy atom. The van der Waals surface area contributed by atoms with E-state index in [2.05, 4.69) is 0 Å². The number of hydrogen-bond donors (Lipinski definition) is 1. The monoisotopic (exact) mass is 190 g/mol. The SMILES string of the molecule is CC[Si]12OCCC(CC(O)O1)O2. The van der Waals surface area contributed by atoms with Gasteiger partial charge in [0.05, 0.1) is 6.10 Å². The van der Waals surface area contributed by atoms with Gasteiger partial charge in [0.2, 0.25) is 0 Å². The van der Waals surface area contributed by atoms with Crippen LogP contribution in [-0.4, -0.2) is 32.9 Å². The van der Waals surface area contributed by atoms with E-state index in [1.54, 1.807) is 0 Å². The van der Waals surface area contributed by atoms with E-state index in [0.717, 1.165) is 19.1 Å². The Hall–Kier alpha value is 0.0569. The van der Waals surface area contributed by atoms with Gasteiger partial charge in [-0.2, -0.15) is 0 Å². The highest BCUT2D eigenvalue weighted by Crippen LogP contribution is 2.32. The molecule has 0 amide bonds. The summed E-state index contributed by atoms with van der Waals surface area (Å²) in [7, 11) is -2.42. The highest BCUT2D eigenvalue weighted by molar-refractivity contribution is 6.60. The Labute approximate surface area is 72.8 Å². The quantitative estimate of drug-likeness (QED) is 0.611. The summed E-state index contributed by atoms with van der Waals surface area (Å²) in [6, 6.07) is 0.751. The molecule has 5 heteroatoms. The first kappa shape index (κ1) is 8.65. The molecule has 2 fully saturated rings. The highest BCUT2D eigenvalue weighted by atomic mass is 28.4. The second-order valence-electron chi connectivity index (χ2n) is 3.22. The van der Waals surface area contributed by atoms with E-state index >= 15 is 0 Å². The van der Waals surface area contributed by atoms with Gasteiger partial charge in [0.1, 0.15) is 0 Å². The van der Waals surface area contributed by atoms with E-state index in [-0.39, 0.29) is 6.10 Å². The molecule has 2 aliphatic rings. The van der Waals surface area contributed by atoms with E-state index in [1.807, 2.05) is 6.92 Å². The zero-order chi connectivity index (χ0) is 8.60. The minimum Gasteiger partial charge on any atom is -0.373 e. The maximum atomic E-state index is 9.36. The minimum atomic E-state index is -2.42. The highest BCUT2D eigenvalue weighted by Gasteiger charge is 2.50. The lowest BCUT2D eigenvalue weighted by Gasteiger charge is -2.43. The summed E-state index contributed by atoms with van der Waals surface area (Å²) in [5, 5.41) is 9.36. The van der Waals surface area contributed by atoms with E-state index < -0.39 is 15.1 Å². The van der Waals surface area contributed by atoms with Gasteiger partial charge >= 0.3 is 8.80 Å². The van der Waals surface area contributed by atoms with E-state index in [0.29, 0.717) is 6.42 Å². The smallest absolute Gasteiger partial charge is 0.373 e. The maximum Gasteiger partial charge on any atom is 0.502 e. The van der Waals surface area contributed by atoms with Gasteiger partial charge in [-0.25, -0.2) is 0 Å². The molecule has 0 aromatic carbocycles. The first-order valence-corrected chi connectivity index (χ1v) is 6.35. The van der Waals surface area contributed by atoms with Crippen molar-refractivity contribution in [2.24, 2.45) is 0 Å². The van der Waals surface area contributed by atoms with Gasteiger partial charge in [0.25, 0.3) is 0 Å². The Balaban J connectivity index is 2.10. The van der Waals surface area contributed by atoms with Crippen LogP contribution in [0.25, 0.3) is 0 Å². The van der Waals surface area contributed by atoms with E-state index in [1.165, 1.54) is 0 Å². The lowest BCUT2D eigenvalue weighted by Crippen LogP contribution is -2.58. The zero-order valence-electron chi connectivity index (χ0n) is 7.16. The lowest BCUT2D eigenvalue weighted by atomic mass is 10.2. The van der Waals surface area contributed by atoms with Crippen LogP contribution in [0.3, 0.4) is 0 Å². The van der Waals surface area contributed by atoms with Gasteiger partial charge in [-0.15, -0.1) is 0 Å². The second-order valence-corrected chi connectivity index (χ2v) is 6.05. The normalized spacial score (nSPS) is 47.5. The number of aliphatic hydroxyl groups is 1. The van der Waals surface area contributed by atoms with Crippen LogP contribution in [0.2, 0.25) is 6.04 Å². The number of hydrogen-bond acceptors (Lipinski definition) is 4. The van der Waals surface area contributed by atoms with E-state index in [9.17, 15) is 5.11 Å². The van der Waals surface area contributed by atoms with Gasteiger partial charge < -0.3 is 18.4 Å². The standard InChI is InChI=1S/C7H14O4Si/c1-2-12-9-4-3-6(10-12)5-7(8)11-12/h6-8H,2-5H2,1H3. The Morgan fingerprint density at radius 3 is 3.08 bits per heavy atom. The third-order valence-corrected chi connectivity index (χ3v) is 5.15. The molecule has 2 heterocycles. The molecule has 1 N–H and O–H groups in total. The number of rotatable bonds is 1. The molecule has 0 aromatic heterocycles. The number of aliphatic hydroxyl groups excluding tert-OH is 1. The largest absolute Gasteiger partial charge is 0.502 e. The van der Waals surface area contributed by atoms with Crippen LogP contribution in [0.5, 0.6) is 0 Å². The molecule has 0 spiro atoms. The molecule has 2 rings (SSSR count). The molecule has 2 aliphatic heterocycles. The van der Waals surface area contributed by atoms with Gasteiger partial charge in [-0.3, -0.25) is 0 Å². The van der Waals surface area contributed by atoms with Crippen LogP contribution in [-0.2, 0) is 13.3 Å². The minimum absolute atomic E-state index is 0.161. The van der Waals surface area contributed by atoms with Crippen molar-refractivity contribution >= 4 is 8.80 Å². The summed E-state index contributed by atoms with van der Waals surface area (Å²) >= 11 is 0. The predicted molar refractivity (Wildman–Crippen MR) is 43.4 cm³/mol. The molecule has 3 atom stereocenters. The van der Waals surface area contributed by atoms with Crippen molar-refractivity contribution < 1.29 is 18.4 Å². The van der Waals surface area contributed by atoms with Crippen LogP contribution in [0.1, 0.15) is 19.8 Å². The van der Waals surface area contributed by atoms with Crippen molar-refractivity contribution in [2.75, 3.05) is 6.61 Å². The summed E-state index contributed by atoms with van der Waals surface area (Å²) in [5.41, 5.74) is 0. The van der Waals surface area contributed by atoms with Gasteiger partial charge in [0, 0.05) is 19.1 Å². The number of fused-ring (bicyclic) bond motifs is 2. The molecule has 2 saturated heterocycles. The molecule has 4 nitrogen and oxygen atoms in total. The summed E-state index contributed by atoms with van der Waals surface area (Å²) in [6.45, 7) is 2.70. The molecule has 0 saturated carbocycles. The first-order valence-electron chi connectivity index (χ1n) is 4.42. The van der Waals surface area contributed by atoms with E-state index in [4.69, 9.17) is 13.3 Å². The zero-order valence-corrected chi connectivity index (χ0v) is 8.16. The lowest BCUT2D eigenvalue weighted by molar-refractivity contribution is -0.162. The molecule has 12 heavy (non-hydrogen) atoms. The van der Waals surface area contributed by atoms with Gasteiger partial charge in [0.15, 0.2) is 6.29 Å². The maximum absolute atomic E-state index is 9.36. The Morgan fingerprint density at radius 2 is 2.33 bits per heavy atom. The molecule has 3 unspecified atom stereocenters. The van der Waals surface area contributed by atoms with Crippen molar-refractivity contribution in [3.05, 3.63) is 0 Å². The van der Waals surface area contributed by atoms with Crippen molar-refractivity contribution in [1.82, 2.24) is 0 Å². The van der Waals surface area contributed by atoms with Crippen LogP contribution >= 0.6 is 0 Å². The Kier molecular flexibility index (Phi) is 2.22. The van der Waals surface area contributed by atoms with Crippen molar-refractivity contribution in [1.29, 1.82) is 0 Å². The molecular weight excluding hydrogens is 176 g/mol. The second kappa shape index (κ2) is 3.08. The van der Waals surface area contributed by atoms with Crippen LogP contribution in [0.15, 0.2) is 0 Å². The fourth-order valence-electron chi connectivity index (χ4n) is 1.67. The van der Waals surface area contributed by atoms with Crippen LogP contribution in [0, 0.1) is 0 Å². The fraction of sp³-hybridized carbons (Fsp3) is 1.00. The average Bonchev–Trinajstić information content (AvgIpc) is 2.03. The molecule has 0 aliphatic carbocycles. The fourth-order valence-corrected chi connectivity index (χ4v) is 4.06. The molecular formula is C7H14O4Si. The first-order chi connectivity index (χ1) is 5.74. The van der Waals surface area contributed by atoms with Crippen molar-refractivity contribution in [3.63, 3.8) is 0 Å². The third-order valence-electron chi connectivity index (χ3n) is 2.32. The Bertz CT molecular complexity index is 173. The van der Waals surface area contributed by atoms with Crippen LogP contribution in [0.4, 0.5) is 0 Å². The van der Waals surface area contributed by atoms with Crippen molar-refractivity contribution in [2.45, 2.75) is 38.2 Å². The molecule has 70 valence electrons. The van der Waals surface area contributed by atoms with Crippen molar-refractivity contribution in [3.8, 4) is 0 Å². The summed E-state index contributed by atoms with van der Waals surface area (Å²) < 4.78 is 16.5. The molecule has 0 radical (unpaired) electrons. The summed E-state index contributed by atoms with van der Waals surface area (Å²) in [6.07, 6.45) is 0.970. The van der Waals surface area contributed by atoms with Gasteiger partial charge in [-0.05, 0) is 6.42 Å². The molecule has 2 bridgehead atoms. The average molecular weight is 190 g/mol. The predicted octanol–water partition coefficient (Wildman–Crippen LogP) is 0.489. The topological polar surface area (TPSA) is 47.9 Å².